The fraction of sp³-hybridized carbons (Fsp3) is 0.476. The minimum atomic E-state index is -2.79. The van der Waals surface area contributed by atoms with Crippen LogP contribution in [0.3, 0.4) is 0 Å². The first kappa shape index (κ1) is 22.0. The van der Waals surface area contributed by atoms with Crippen molar-refractivity contribution in [3.63, 3.8) is 0 Å². The largest absolute Gasteiger partial charge is 0.505 e. The van der Waals surface area contributed by atoms with Crippen LogP contribution in [0, 0.1) is 29.5 Å². The normalized spacial score (nSPS) is 34.2. The van der Waals surface area contributed by atoms with Crippen LogP contribution in [0.1, 0.15) is 22.3 Å². The van der Waals surface area contributed by atoms with Gasteiger partial charge in [-0.1, -0.05) is 0 Å². The number of rotatable bonds is 2. The maximum absolute atomic E-state index is 14.1. The number of fused-ring (bicyclic) bond motifs is 3. The highest BCUT2D eigenvalue weighted by molar-refractivity contribution is 6.32. The number of likely N-dealkylation sites (N-methyl/N-ethyl adjacent to an activating group) is 1. The van der Waals surface area contributed by atoms with E-state index in [1.54, 1.807) is 0 Å². The van der Waals surface area contributed by atoms with E-state index in [2.05, 4.69) is 0 Å². The van der Waals surface area contributed by atoms with Gasteiger partial charge >= 0.3 is 0 Å². The predicted octanol–water partition coefficient (Wildman–Crippen LogP) is -1.41. The van der Waals surface area contributed by atoms with E-state index < -0.39 is 81.6 Å². The lowest BCUT2D eigenvalue weighted by atomic mass is 9.52. The molecule has 3 aliphatic carbocycles. The molecule has 0 heterocycles. The quantitative estimate of drug-likeness (QED) is 0.240. The molecule has 11 heteroatoms. The molecule has 1 aromatic rings. The van der Waals surface area contributed by atoms with Gasteiger partial charge in [0.05, 0.1) is 17.5 Å². The van der Waals surface area contributed by atoms with Gasteiger partial charge in [-0.25, -0.2) is 4.39 Å². The van der Waals surface area contributed by atoms with Gasteiger partial charge < -0.3 is 21.7 Å². The molecule has 170 valence electrons. The van der Waals surface area contributed by atoms with Gasteiger partial charge in [-0.15, -0.1) is 0 Å². The van der Waals surface area contributed by atoms with E-state index in [1.165, 1.54) is 19.0 Å². The van der Waals surface area contributed by atoms with E-state index in [0.717, 1.165) is 6.07 Å². The van der Waals surface area contributed by atoms with E-state index in [9.17, 15) is 38.6 Å². The van der Waals surface area contributed by atoms with Crippen molar-refractivity contribution >= 4 is 34.7 Å². The Balaban J connectivity index is 1.88. The summed E-state index contributed by atoms with van der Waals surface area (Å²) in [6.45, 7) is 0. The summed E-state index contributed by atoms with van der Waals surface area (Å²) < 4.78 is 14.1. The molecule has 3 aliphatic rings. The number of hydrogen-bond acceptors (Lipinski definition) is 9. The molecule has 0 saturated heterocycles. The predicted molar refractivity (Wildman–Crippen MR) is 106 cm³/mol. The van der Waals surface area contributed by atoms with Crippen molar-refractivity contribution in [3.05, 3.63) is 23.0 Å². The number of nitrogens with two attached hydrogens (primary N) is 2. The van der Waals surface area contributed by atoms with E-state index in [1.807, 2.05) is 0 Å². The Hall–Kier alpha value is -3.18. The third-order valence-corrected chi connectivity index (χ3v) is 7.04. The highest BCUT2D eigenvalue weighted by atomic mass is 19.1. The molecule has 0 bridgehead atoms. The number of primary amides is 1. The zero-order chi connectivity index (χ0) is 23.9. The van der Waals surface area contributed by atoms with Crippen molar-refractivity contribution in [2.24, 2.45) is 29.4 Å². The number of nitrogens with zero attached hydrogens (tertiary/aromatic N) is 1. The molecule has 2 saturated carbocycles. The number of aromatic hydroxyl groups is 1. The molecule has 32 heavy (non-hydrogen) atoms. The summed E-state index contributed by atoms with van der Waals surface area (Å²) in [5.74, 6) is -12.8. The number of carbonyl (C=O) groups is 5. The number of benzene rings is 1. The van der Waals surface area contributed by atoms with Gasteiger partial charge in [0.25, 0.3) is 0 Å². The summed E-state index contributed by atoms with van der Waals surface area (Å²) in [7, 11) is 2.98. The molecule has 0 aliphatic heterocycles. The van der Waals surface area contributed by atoms with Gasteiger partial charge in [0.2, 0.25) is 5.91 Å². The number of phenols is 1. The Bertz CT molecular complexity index is 1120. The van der Waals surface area contributed by atoms with Crippen molar-refractivity contribution in [3.8, 4) is 5.75 Å². The highest BCUT2D eigenvalue weighted by Crippen LogP contribution is 2.51. The van der Waals surface area contributed by atoms with Crippen LogP contribution in [0.2, 0.25) is 0 Å². The molecule has 10 nitrogen and oxygen atoms in total. The van der Waals surface area contributed by atoms with Crippen LogP contribution in [0.5, 0.6) is 5.75 Å². The maximum Gasteiger partial charge on any atom is 0.235 e. The first-order valence-electron chi connectivity index (χ1n) is 9.98. The van der Waals surface area contributed by atoms with Gasteiger partial charge in [0.1, 0.15) is 11.5 Å². The lowest BCUT2D eigenvalue weighted by molar-refractivity contribution is -0.181. The van der Waals surface area contributed by atoms with E-state index >= 15 is 0 Å². The van der Waals surface area contributed by atoms with E-state index in [4.69, 9.17) is 11.5 Å². The molecule has 6 atom stereocenters. The second kappa shape index (κ2) is 6.91. The number of Topliss-reactive ketones (excluding diaryl/α,β-unsaturated/α-hetero) is 4. The molecule has 2 fully saturated rings. The van der Waals surface area contributed by atoms with Crippen LogP contribution in [-0.2, 0) is 25.6 Å². The summed E-state index contributed by atoms with van der Waals surface area (Å²) in [4.78, 5) is 66.0. The number of halogens is 1. The number of anilines is 1. The Morgan fingerprint density at radius 2 is 1.84 bits per heavy atom. The van der Waals surface area contributed by atoms with Gasteiger partial charge in [-0.2, -0.15) is 0 Å². The lowest BCUT2D eigenvalue weighted by Crippen LogP contribution is -2.74. The van der Waals surface area contributed by atoms with Crippen LogP contribution in [0.25, 0.3) is 0 Å². The number of nitrogen functional groups attached to an aromatic ring is 1. The van der Waals surface area contributed by atoms with Crippen molar-refractivity contribution in [1.29, 1.82) is 0 Å². The molecular weight excluding hydrogens is 425 g/mol. The van der Waals surface area contributed by atoms with Crippen LogP contribution in [0.4, 0.5) is 10.1 Å². The number of phenolic OH excluding ortho intramolecular Hbond substituents is 1. The van der Waals surface area contributed by atoms with Crippen molar-refractivity contribution < 1.29 is 38.6 Å². The fourth-order valence-corrected chi connectivity index (χ4v) is 5.64. The molecule has 6 N–H and O–H groups in total. The zero-order valence-corrected chi connectivity index (χ0v) is 17.3. The first-order valence-corrected chi connectivity index (χ1v) is 9.98. The topological polar surface area (TPSA) is 181 Å². The second-order valence-corrected chi connectivity index (χ2v) is 8.94. The molecule has 0 radical (unpaired) electrons. The smallest absolute Gasteiger partial charge is 0.235 e. The second-order valence-electron chi connectivity index (χ2n) is 8.94. The highest BCUT2D eigenvalue weighted by Gasteiger charge is 2.69. The first-order chi connectivity index (χ1) is 14.8. The summed E-state index contributed by atoms with van der Waals surface area (Å²) >= 11 is 0. The summed E-state index contributed by atoms with van der Waals surface area (Å²) in [6, 6.07) is -0.179. The standard InChI is InChI=1S/C21H22FN3O7/c1-25(2)14-8-4-6-3-7-5-9(22)13(23)16(27)10(7)15(26)11(6)18(29)21(8,32)19(30)12(17(14)28)20(24)31/h5-6,8,11-12,14,27,32H,3-4,23H2,1-2H3,(H2,24,31)/t6?,8?,11?,12?,14-,21-/m0/s1. The van der Waals surface area contributed by atoms with Gasteiger partial charge in [-0.3, -0.25) is 28.9 Å². The Kier molecular flexibility index (Phi) is 4.76. The van der Waals surface area contributed by atoms with E-state index in [0.29, 0.717) is 0 Å². The van der Waals surface area contributed by atoms with Crippen molar-refractivity contribution in [2.75, 3.05) is 19.8 Å². The van der Waals surface area contributed by atoms with Gasteiger partial charge in [0, 0.05) is 5.92 Å². The molecule has 4 unspecified atom stereocenters. The van der Waals surface area contributed by atoms with Crippen molar-refractivity contribution in [2.45, 2.75) is 24.5 Å². The summed E-state index contributed by atoms with van der Waals surface area (Å²) in [6.07, 6.45) is -0.118. The number of hydrogen-bond donors (Lipinski definition) is 4. The number of carbonyl (C=O) groups excluding carboxylic acids is 5. The Morgan fingerprint density at radius 3 is 2.41 bits per heavy atom. The van der Waals surface area contributed by atoms with E-state index in [-0.39, 0.29) is 24.0 Å². The molecule has 1 aromatic carbocycles. The van der Waals surface area contributed by atoms with Crippen LogP contribution < -0.4 is 11.5 Å². The molecular formula is C21H22FN3O7. The zero-order valence-electron chi connectivity index (χ0n) is 17.3. The third-order valence-electron chi connectivity index (χ3n) is 7.04. The monoisotopic (exact) mass is 447 g/mol. The Morgan fingerprint density at radius 1 is 1.22 bits per heavy atom. The van der Waals surface area contributed by atoms with Crippen LogP contribution >= 0.6 is 0 Å². The Labute approximate surface area is 181 Å². The molecule has 0 spiro atoms. The minimum Gasteiger partial charge on any atom is -0.505 e. The number of aliphatic hydroxyl groups is 1. The minimum absolute atomic E-state index is 0.0173. The average Bonchev–Trinajstić information content (AvgIpc) is 2.68. The third kappa shape index (κ3) is 2.61. The van der Waals surface area contributed by atoms with Crippen LogP contribution in [-0.4, -0.2) is 69.9 Å². The van der Waals surface area contributed by atoms with Gasteiger partial charge in [0.15, 0.2) is 40.4 Å². The molecule has 0 aromatic heterocycles. The van der Waals surface area contributed by atoms with Crippen LogP contribution in [0.15, 0.2) is 6.07 Å². The summed E-state index contributed by atoms with van der Waals surface area (Å²) in [5.41, 5.74) is 7.08. The lowest BCUT2D eigenvalue weighted by Gasteiger charge is -2.52. The SMILES string of the molecule is CN(C)[C@@H]1C(=O)C(C(N)=O)C(=O)[C@@]2(O)C(=O)C3C(=O)c4c(cc(F)c(N)c4O)CC3CC12. The van der Waals surface area contributed by atoms with Crippen molar-refractivity contribution in [1.82, 2.24) is 4.90 Å². The number of amides is 1. The average molecular weight is 447 g/mol. The summed E-state index contributed by atoms with van der Waals surface area (Å²) in [5, 5.41) is 21.6. The fourth-order valence-electron chi connectivity index (χ4n) is 5.64. The molecule has 1 amide bonds. The number of ketones is 4. The molecule has 4 rings (SSSR count). The maximum atomic E-state index is 14.1. The van der Waals surface area contributed by atoms with Gasteiger partial charge in [-0.05, 0) is 44.5 Å².